The van der Waals surface area contributed by atoms with Gasteiger partial charge >= 0.3 is 0 Å². The standard InChI is InChI=1S/C19H28F2N4O/c1-2-24-7-9-25(10-8-24)13-16-5-3-15(4-6-16)12-22-18(26)17-11-19(20,21)14-23-17/h3-6,17,23H,2,7-14H2,1H3,(H,22,26). The van der Waals surface area contributed by atoms with Gasteiger partial charge in [-0.1, -0.05) is 31.2 Å². The molecule has 0 aliphatic carbocycles. The summed E-state index contributed by atoms with van der Waals surface area (Å²) in [4.78, 5) is 16.9. The van der Waals surface area contributed by atoms with E-state index in [1.165, 1.54) is 5.56 Å². The quantitative estimate of drug-likeness (QED) is 0.800. The van der Waals surface area contributed by atoms with E-state index in [0.29, 0.717) is 6.54 Å². The molecule has 1 amide bonds. The number of hydrogen-bond donors (Lipinski definition) is 2. The molecule has 7 heteroatoms. The van der Waals surface area contributed by atoms with Crippen molar-refractivity contribution in [2.75, 3.05) is 39.3 Å². The van der Waals surface area contributed by atoms with E-state index in [4.69, 9.17) is 0 Å². The number of rotatable bonds is 6. The number of halogens is 2. The van der Waals surface area contributed by atoms with Gasteiger partial charge in [0.2, 0.25) is 5.91 Å². The van der Waals surface area contributed by atoms with Crippen LogP contribution < -0.4 is 10.6 Å². The minimum Gasteiger partial charge on any atom is -0.351 e. The third-order valence-corrected chi connectivity index (χ3v) is 5.23. The molecule has 0 radical (unpaired) electrons. The Morgan fingerprint density at radius 3 is 2.35 bits per heavy atom. The maximum Gasteiger partial charge on any atom is 0.262 e. The van der Waals surface area contributed by atoms with Gasteiger partial charge in [0.25, 0.3) is 5.92 Å². The molecule has 2 aliphatic heterocycles. The predicted molar refractivity (Wildman–Crippen MR) is 97.0 cm³/mol. The average Bonchev–Trinajstić information content (AvgIpc) is 3.01. The fraction of sp³-hybridized carbons (Fsp3) is 0.632. The minimum absolute atomic E-state index is 0.359. The Morgan fingerprint density at radius 1 is 1.15 bits per heavy atom. The highest BCUT2D eigenvalue weighted by molar-refractivity contribution is 5.82. The van der Waals surface area contributed by atoms with Crippen molar-refractivity contribution >= 4 is 5.91 Å². The SMILES string of the molecule is CCN1CCN(Cc2ccc(CNC(=O)C3CC(F)(F)CN3)cc2)CC1. The van der Waals surface area contributed by atoms with E-state index >= 15 is 0 Å². The molecule has 0 saturated carbocycles. The zero-order valence-corrected chi connectivity index (χ0v) is 15.3. The summed E-state index contributed by atoms with van der Waals surface area (Å²) in [5.74, 6) is -3.15. The zero-order valence-electron chi connectivity index (χ0n) is 15.3. The monoisotopic (exact) mass is 366 g/mol. The molecule has 144 valence electrons. The first kappa shape index (κ1) is 19.2. The Balaban J connectivity index is 1.42. The minimum atomic E-state index is -2.79. The lowest BCUT2D eigenvalue weighted by Crippen LogP contribution is -2.45. The Labute approximate surface area is 153 Å². The summed E-state index contributed by atoms with van der Waals surface area (Å²) in [6.07, 6.45) is -0.428. The molecule has 1 aromatic rings. The molecule has 1 aromatic carbocycles. The van der Waals surface area contributed by atoms with Crippen LogP contribution in [0.1, 0.15) is 24.5 Å². The van der Waals surface area contributed by atoms with Gasteiger partial charge < -0.3 is 10.2 Å². The molecule has 1 unspecified atom stereocenters. The van der Waals surface area contributed by atoms with E-state index in [9.17, 15) is 13.6 Å². The number of piperazine rings is 1. The van der Waals surface area contributed by atoms with Gasteiger partial charge in [-0.15, -0.1) is 0 Å². The molecule has 2 saturated heterocycles. The smallest absolute Gasteiger partial charge is 0.262 e. The fourth-order valence-corrected chi connectivity index (χ4v) is 3.50. The Kier molecular flexibility index (Phi) is 6.21. The number of nitrogens with zero attached hydrogens (tertiary/aromatic N) is 2. The summed E-state index contributed by atoms with van der Waals surface area (Å²) < 4.78 is 26.3. The van der Waals surface area contributed by atoms with Gasteiger partial charge in [-0.25, -0.2) is 8.78 Å². The maximum atomic E-state index is 13.1. The number of benzene rings is 1. The molecule has 0 aromatic heterocycles. The van der Waals surface area contributed by atoms with Gasteiger partial charge in [0.1, 0.15) is 0 Å². The van der Waals surface area contributed by atoms with E-state index in [1.54, 1.807) is 0 Å². The topological polar surface area (TPSA) is 47.6 Å². The van der Waals surface area contributed by atoms with E-state index in [0.717, 1.165) is 44.8 Å². The van der Waals surface area contributed by atoms with Crippen LogP contribution in [0.4, 0.5) is 8.78 Å². The van der Waals surface area contributed by atoms with Crippen LogP contribution in [0.15, 0.2) is 24.3 Å². The van der Waals surface area contributed by atoms with Crippen molar-refractivity contribution in [3.63, 3.8) is 0 Å². The number of likely N-dealkylation sites (N-methyl/N-ethyl adjacent to an activating group) is 1. The summed E-state index contributed by atoms with van der Waals surface area (Å²) in [6.45, 7) is 8.60. The van der Waals surface area contributed by atoms with Crippen molar-refractivity contribution < 1.29 is 13.6 Å². The summed E-state index contributed by atoms with van der Waals surface area (Å²) >= 11 is 0. The highest BCUT2D eigenvalue weighted by Crippen LogP contribution is 2.25. The van der Waals surface area contributed by atoms with E-state index in [1.807, 2.05) is 12.1 Å². The van der Waals surface area contributed by atoms with Crippen molar-refractivity contribution in [1.29, 1.82) is 0 Å². The number of carbonyl (C=O) groups excluding carboxylic acids is 1. The molecule has 1 atom stereocenters. The molecule has 2 N–H and O–H groups in total. The van der Waals surface area contributed by atoms with Crippen LogP contribution in [-0.4, -0.2) is 66.9 Å². The van der Waals surface area contributed by atoms with Crippen LogP contribution in [-0.2, 0) is 17.9 Å². The molecule has 5 nitrogen and oxygen atoms in total. The Bertz CT molecular complexity index is 600. The molecular formula is C19H28F2N4O. The van der Waals surface area contributed by atoms with E-state index in [-0.39, 0.29) is 5.91 Å². The van der Waals surface area contributed by atoms with Gasteiger partial charge in [-0.3, -0.25) is 15.0 Å². The number of alkyl halides is 2. The van der Waals surface area contributed by atoms with Gasteiger partial charge in [0.05, 0.1) is 12.6 Å². The second kappa shape index (κ2) is 8.41. The van der Waals surface area contributed by atoms with Gasteiger partial charge in [0, 0.05) is 45.7 Å². The summed E-state index contributed by atoms with van der Waals surface area (Å²) in [5, 5.41) is 5.31. The normalized spacial score (nSPS) is 23.9. The first-order valence-corrected chi connectivity index (χ1v) is 9.36. The second-order valence-electron chi connectivity index (χ2n) is 7.24. The number of amides is 1. The van der Waals surface area contributed by atoms with Crippen molar-refractivity contribution in [3.8, 4) is 0 Å². The third kappa shape index (κ3) is 5.22. The van der Waals surface area contributed by atoms with Crippen molar-refractivity contribution in [3.05, 3.63) is 35.4 Å². The van der Waals surface area contributed by atoms with Crippen molar-refractivity contribution in [2.24, 2.45) is 0 Å². The molecule has 26 heavy (non-hydrogen) atoms. The highest BCUT2D eigenvalue weighted by atomic mass is 19.3. The number of carbonyl (C=O) groups is 1. The molecule has 2 fully saturated rings. The first-order chi connectivity index (χ1) is 12.4. The zero-order chi connectivity index (χ0) is 18.6. The Morgan fingerprint density at radius 2 is 1.77 bits per heavy atom. The van der Waals surface area contributed by atoms with Crippen LogP contribution in [0.5, 0.6) is 0 Å². The lowest BCUT2D eigenvalue weighted by Gasteiger charge is -2.34. The molecule has 0 bridgehead atoms. The van der Waals surface area contributed by atoms with Crippen LogP contribution in [0.25, 0.3) is 0 Å². The summed E-state index contributed by atoms with van der Waals surface area (Å²) in [7, 11) is 0. The number of hydrogen-bond acceptors (Lipinski definition) is 4. The maximum absolute atomic E-state index is 13.1. The molecule has 0 spiro atoms. The lowest BCUT2D eigenvalue weighted by atomic mass is 10.1. The molecule has 2 aliphatic rings. The average molecular weight is 366 g/mol. The summed E-state index contributed by atoms with van der Waals surface area (Å²) in [6, 6.07) is 7.35. The lowest BCUT2D eigenvalue weighted by molar-refractivity contribution is -0.123. The van der Waals surface area contributed by atoms with Crippen LogP contribution >= 0.6 is 0 Å². The molecule has 3 rings (SSSR count). The predicted octanol–water partition coefficient (Wildman–Crippen LogP) is 1.44. The van der Waals surface area contributed by atoms with E-state index < -0.39 is 24.9 Å². The molecular weight excluding hydrogens is 338 g/mol. The third-order valence-electron chi connectivity index (χ3n) is 5.23. The van der Waals surface area contributed by atoms with Crippen molar-refractivity contribution in [2.45, 2.75) is 38.4 Å². The van der Waals surface area contributed by atoms with Gasteiger partial charge in [-0.05, 0) is 17.7 Å². The Hall–Kier alpha value is -1.57. The fourth-order valence-electron chi connectivity index (χ4n) is 3.50. The van der Waals surface area contributed by atoms with E-state index in [2.05, 4.69) is 39.5 Å². The summed E-state index contributed by atoms with van der Waals surface area (Å²) in [5.41, 5.74) is 2.23. The van der Waals surface area contributed by atoms with Gasteiger partial charge in [-0.2, -0.15) is 0 Å². The highest BCUT2D eigenvalue weighted by Gasteiger charge is 2.42. The van der Waals surface area contributed by atoms with Crippen LogP contribution in [0.3, 0.4) is 0 Å². The van der Waals surface area contributed by atoms with Gasteiger partial charge in [0.15, 0.2) is 0 Å². The van der Waals surface area contributed by atoms with Crippen LogP contribution in [0, 0.1) is 0 Å². The first-order valence-electron chi connectivity index (χ1n) is 9.36. The largest absolute Gasteiger partial charge is 0.351 e. The molecule has 2 heterocycles. The second-order valence-corrected chi connectivity index (χ2v) is 7.24. The number of nitrogens with one attached hydrogen (secondary N) is 2. The van der Waals surface area contributed by atoms with Crippen LogP contribution in [0.2, 0.25) is 0 Å². The van der Waals surface area contributed by atoms with Crippen molar-refractivity contribution in [1.82, 2.24) is 20.4 Å².